The summed E-state index contributed by atoms with van der Waals surface area (Å²) in [6.07, 6.45) is 8.66. The molecular formula is C16H17ClN4. The Kier molecular flexibility index (Phi) is 4.06. The third kappa shape index (κ3) is 3.16. The van der Waals surface area contributed by atoms with Gasteiger partial charge in [-0.1, -0.05) is 11.6 Å². The summed E-state index contributed by atoms with van der Waals surface area (Å²) < 4.78 is 4.15. The van der Waals surface area contributed by atoms with E-state index in [1.165, 1.54) is 0 Å². The number of hydrogen-bond donors (Lipinski definition) is 0. The third-order valence-electron chi connectivity index (χ3n) is 3.58. The van der Waals surface area contributed by atoms with Crippen LogP contribution >= 0.6 is 11.6 Å². The monoisotopic (exact) mass is 300 g/mol. The highest BCUT2D eigenvalue weighted by Crippen LogP contribution is 2.24. The number of nitrogens with zero attached hydrogens (tertiary/aromatic N) is 4. The molecule has 1 unspecified atom stereocenters. The van der Waals surface area contributed by atoms with E-state index in [9.17, 15) is 0 Å². The Balaban J connectivity index is 1.76. The molecule has 2 heterocycles. The Morgan fingerprint density at radius 1 is 1.14 bits per heavy atom. The van der Waals surface area contributed by atoms with E-state index in [-0.39, 0.29) is 0 Å². The highest BCUT2D eigenvalue weighted by Gasteiger charge is 2.11. The van der Waals surface area contributed by atoms with Gasteiger partial charge >= 0.3 is 0 Å². The number of aromatic nitrogens is 4. The number of rotatable bonds is 5. The van der Waals surface area contributed by atoms with Crippen molar-refractivity contribution in [3.63, 3.8) is 0 Å². The molecule has 3 aromatic rings. The van der Waals surface area contributed by atoms with Gasteiger partial charge in [0.15, 0.2) is 0 Å². The van der Waals surface area contributed by atoms with Gasteiger partial charge in [0.25, 0.3) is 0 Å². The average molecular weight is 301 g/mol. The highest BCUT2D eigenvalue weighted by molar-refractivity contribution is 6.30. The first-order chi connectivity index (χ1) is 10.2. The highest BCUT2D eigenvalue weighted by atomic mass is 35.5. The largest absolute Gasteiger partial charge is 0.328 e. The van der Waals surface area contributed by atoms with E-state index in [2.05, 4.69) is 21.6 Å². The number of imidazole rings is 1. The second kappa shape index (κ2) is 6.14. The molecule has 0 spiro atoms. The summed E-state index contributed by atoms with van der Waals surface area (Å²) in [5.41, 5.74) is 1.08. The molecule has 5 heteroatoms. The topological polar surface area (TPSA) is 35.6 Å². The summed E-state index contributed by atoms with van der Waals surface area (Å²) in [5.74, 6) is 0.972. The van der Waals surface area contributed by atoms with Crippen molar-refractivity contribution in [3.8, 4) is 11.4 Å². The van der Waals surface area contributed by atoms with Gasteiger partial charge in [-0.15, -0.1) is 0 Å². The van der Waals surface area contributed by atoms with Gasteiger partial charge in [0.2, 0.25) is 0 Å². The smallest absolute Gasteiger partial charge is 0.140 e. The van der Waals surface area contributed by atoms with Gasteiger partial charge in [-0.05, 0) is 43.7 Å². The molecule has 0 aliphatic rings. The van der Waals surface area contributed by atoms with Crippen molar-refractivity contribution in [2.75, 3.05) is 0 Å². The molecule has 0 amide bonds. The van der Waals surface area contributed by atoms with Crippen molar-refractivity contribution in [3.05, 3.63) is 60.1 Å². The van der Waals surface area contributed by atoms with Gasteiger partial charge < -0.3 is 4.57 Å². The van der Waals surface area contributed by atoms with Crippen molar-refractivity contribution < 1.29 is 0 Å². The fourth-order valence-corrected chi connectivity index (χ4v) is 2.51. The van der Waals surface area contributed by atoms with E-state index in [1.807, 2.05) is 53.6 Å². The van der Waals surface area contributed by atoms with Crippen LogP contribution in [0, 0.1) is 0 Å². The Morgan fingerprint density at radius 2 is 1.95 bits per heavy atom. The van der Waals surface area contributed by atoms with Crippen LogP contribution in [0.3, 0.4) is 0 Å². The molecule has 0 radical (unpaired) electrons. The SMILES string of the molecule is CC(CCn1cccn1)n1ccnc1-c1ccc(Cl)cc1. The molecule has 0 aliphatic carbocycles. The molecule has 3 rings (SSSR count). The molecule has 1 aromatic carbocycles. The van der Waals surface area contributed by atoms with Crippen molar-refractivity contribution >= 4 is 11.6 Å². The van der Waals surface area contributed by atoms with Crippen molar-refractivity contribution in [1.29, 1.82) is 0 Å². The fourth-order valence-electron chi connectivity index (χ4n) is 2.38. The molecule has 4 nitrogen and oxygen atoms in total. The number of hydrogen-bond acceptors (Lipinski definition) is 2. The predicted molar refractivity (Wildman–Crippen MR) is 84.2 cm³/mol. The van der Waals surface area contributed by atoms with Gasteiger partial charge in [0.1, 0.15) is 5.82 Å². The second-order valence-corrected chi connectivity index (χ2v) is 5.51. The van der Waals surface area contributed by atoms with Crippen LogP contribution in [0.4, 0.5) is 0 Å². The zero-order chi connectivity index (χ0) is 14.7. The number of benzene rings is 1. The summed E-state index contributed by atoms with van der Waals surface area (Å²) in [6.45, 7) is 3.09. The van der Waals surface area contributed by atoms with E-state index in [1.54, 1.807) is 6.20 Å². The van der Waals surface area contributed by atoms with E-state index in [4.69, 9.17) is 11.6 Å². The summed E-state index contributed by atoms with van der Waals surface area (Å²) in [5, 5.41) is 4.98. The minimum absolute atomic E-state index is 0.349. The van der Waals surface area contributed by atoms with Crippen LogP contribution in [-0.4, -0.2) is 19.3 Å². The maximum absolute atomic E-state index is 5.95. The van der Waals surface area contributed by atoms with Crippen LogP contribution in [0.25, 0.3) is 11.4 Å². The zero-order valence-electron chi connectivity index (χ0n) is 11.9. The molecule has 108 valence electrons. The summed E-state index contributed by atoms with van der Waals surface area (Å²) in [4.78, 5) is 4.48. The summed E-state index contributed by atoms with van der Waals surface area (Å²) >= 11 is 5.95. The molecule has 0 aliphatic heterocycles. The van der Waals surface area contributed by atoms with Crippen molar-refractivity contribution in [2.24, 2.45) is 0 Å². The maximum atomic E-state index is 5.95. The maximum Gasteiger partial charge on any atom is 0.140 e. The first kappa shape index (κ1) is 13.9. The summed E-state index contributed by atoms with van der Waals surface area (Å²) in [6, 6.07) is 10.1. The molecule has 0 saturated heterocycles. The van der Waals surface area contributed by atoms with Gasteiger partial charge in [-0.25, -0.2) is 4.98 Å². The average Bonchev–Trinajstić information content (AvgIpc) is 3.17. The lowest BCUT2D eigenvalue weighted by molar-refractivity contribution is 0.449. The predicted octanol–water partition coefficient (Wildman–Crippen LogP) is 4.05. The molecule has 0 bridgehead atoms. The van der Waals surface area contributed by atoms with Crippen molar-refractivity contribution in [1.82, 2.24) is 19.3 Å². The van der Waals surface area contributed by atoms with Crippen LogP contribution < -0.4 is 0 Å². The standard InChI is InChI=1S/C16H17ClN4/c1-13(7-11-20-10-2-8-19-20)21-12-9-18-16(21)14-3-5-15(17)6-4-14/h2-6,8-10,12-13H,7,11H2,1H3. The second-order valence-electron chi connectivity index (χ2n) is 5.07. The molecular weight excluding hydrogens is 284 g/mol. The minimum atomic E-state index is 0.349. The molecule has 0 fully saturated rings. The number of aryl methyl sites for hydroxylation is 1. The van der Waals surface area contributed by atoms with Crippen LogP contribution in [0.1, 0.15) is 19.4 Å². The minimum Gasteiger partial charge on any atom is -0.328 e. The number of halogens is 1. The van der Waals surface area contributed by atoms with Crippen LogP contribution in [-0.2, 0) is 6.54 Å². The normalized spacial score (nSPS) is 12.5. The Hall–Kier alpha value is -2.07. The first-order valence-electron chi connectivity index (χ1n) is 7.00. The molecule has 2 aromatic heterocycles. The van der Waals surface area contributed by atoms with Crippen LogP contribution in [0.15, 0.2) is 55.1 Å². The third-order valence-corrected chi connectivity index (χ3v) is 3.83. The van der Waals surface area contributed by atoms with Crippen LogP contribution in [0.2, 0.25) is 5.02 Å². The lowest BCUT2D eigenvalue weighted by Crippen LogP contribution is -2.10. The Labute approximate surface area is 129 Å². The van der Waals surface area contributed by atoms with Crippen molar-refractivity contribution in [2.45, 2.75) is 25.9 Å². The lowest BCUT2D eigenvalue weighted by Gasteiger charge is -2.16. The molecule has 0 saturated carbocycles. The van der Waals surface area contributed by atoms with Gasteiger partial charge in [0, 0.05) is 48.0 Å². The zero-order valence-corrected chi connectivity index (χ0v) is 12.6. The first-order valence-corrected chi connectivity index (χ1v) is 7.38. The van der Waals surface area contributed by atoms with Gasteiger partial charge in [-0.2, -0.15) is 5.10 Å². The van der Waals surface area contributed by atoms with E-state index >= 15 is 0 Å². The van der Waals surface area contributed by atoms with E-state index < -0.39 is 0 Å². The Bertz CT molecular complexity index is 685. The lowest BCUT2D eigenvalue weighted by atomic mass is 10.2. The molecule has 0 N–H and O–H groups in total. The van der Waals surface area contributed by atoms with Crippen LogP contribution in [0.5, 0.6) is 0 Å². The summed E-state index contributed by atoms with van der Waals surface area (Å²) in [7, 11) is 0. The molecule has 21 heavy (non-hydrogen) atoms. The van der Waals surface area contributed by atoms with Gasteiger partial charge in [0.05, 0.1) is 0 Å². The van der Waals surface area contributed by atoms with E-state index in [0.29, 0.717) is 6.04 Å². The Morgan fingerprint density at radius 3 is 2.67 bits per heavy atom. The fraction of sp³-hybridized carbons (Fsp3) is 0.250. The van der Waals surface area contributed by atoms with E-state index in [0.717, 1.165) is 29.4 Å². The quantitative estimate of drug-likeness (QED) is 0.712. The van der Waals surface area contributed by atoms with Gasteiger partial charge in [-0.3, -0.25) is 4.68 Å². The molecule has 1 atom stereocenters.